The lowest BCUT2D eigenvalue weighted by molar-refractivity contribution is 0.220. The number of rotatable bonds is 3. The number of aliphatic hydroxyl groups excluding tert-OH is 1. The Balaban J connectivity index is 3.17. The fourth-order valence-electron chi connectivity index (χ4n) is 1.39. The maximum absolute atomic E-state index is 13.6. The zero-order valence-corrected chi connectivity index (χ0v) is 9.22. The van der Waals surface area contributed by atoms with E-state index in [0.717, 1.165) is 0 Å². The van der Waals surface area contributed by atoms with Gasteiger partial charge in [0, 0.05) is 12.5 Å². The average molecular weight is 214 g/mol. The monoisotopic (exact) mass is 214 g/mol. The van der Waals surface area contributed by atoms with E-state index in [-0.39, 0.29) is 12.5 Å². The summed E-state index contributed by atoms with van der Waals surface area (Å²) < 4.78 is 27.0. The van der Waals surface area contributed by atoms with Crippen molar-refractivity contribution in [1.29, 1.82) is 0 Å². The first-order chi connectivity index (χ1) is 6.86. The van der Waals surface area contributed by atoms with Crippen LogP contribution in [0, 0.1) is 5.82 Å². The molecule has 0 saturated heterocycles. The zero-order chi connectivity index (χ0) is 11.6. The number of hydrogen-bond donors (Lipinski definition) is 1. The van der Waals surface area contributed by atoms with Crippen molar-refractivity contribution < 1.29 is 13.9 Å². The minimum absolute atomic E-state index is 0.146. The second kappa shape index (κ2) is 4.27. The molecule has 1 aromatic carbocycles. The summed E-state index contributed by atoms with van der Waals surface area (Å²) in [6, 6.07) is 4.16. The van der Waals surface area contributed by atoms with Crippen LogP contribution in [0.1, 0.15) is 37.8 Å². The van der Waals surface area contributed by atoms with Crippen molar-refractivity contribution in [1.82, 2.24) is 0 Å². The maximum Gasteiger partial charge on any atom is 0.130 e. The summed E-state index contributed by atoms with van der Waals surface area (Å²) in [5, 5.41) is 8.95. The second-order valence-corrected chi connectivity index (χ2v) is 4.29. The van der Waals surface area contributed by atoms with Crippen molar-refractivity contribution >= 4 is 0 Å². The molecule has 0 spiro atoms. The highest BCUT2D eigenvalue weighted by Gasteiger charge is 2.21. The predicted octanol–water partition coefficient (Wildman–Crippen LogP) is 3.13. The van der Waals surface area contributed by atoms with Crippen LogP contribution >= 0.6 is 0 Å². The molecule has 0 heterocycles. The molecular weight excluding hydrogens is 198 g/mol. The number of halogens is 2. The van der Waals surface area contributed by atoms with Crippen molar-refractivity contribution in [3.63, 3.8) is 0 Å². The first-order valence-electron chi connectivity index (χ1n) is 4.96. The van der Waals surface area contributed by atoms with Gasteiger partial charge in [-0.15, -0.1) is 0 Å². The van der Waals surface area contributed by atoms with Crippen LogP contribution in [0.5, 0.6) is 0 Å². The first-order valence-corrected chi connectivity index (χ1v) is 4.96. The molecule has 1 atom stereocenters. The van der Waals surface area contributed by atoms with Crippen LogP contribution in [0.2, 0.25) is 0 Å². The quantitative estimate of drug-likeness (QED) is 0.819. The van der Waals surface area contributed by atoms with Crippen molar-refractivity contribution in [2.75, 3.05) is 6.61 Å². The van der Waals surface area contributed by atoms with E-state index in [0.29, 0.717) is 11.1 Å². The van der Waals surface area contributed by atoms with E-state index in [2.05, 4.69) is 0 Å². The van der Waals surface area contributed by atoms with Crippen LogP contribution < -0.4 is 0 Å². The molecule has 1 rings (SSSR count). The Morgan fingerprint density at radius 2 is 2.00 bits per heavy atom. The highest BCUT2D eigenvalue weighted by Crippen LogP contribution is 2.28. The van der Waals surface area contributed by atoms with Crippen LogP contribution in [0.4, 0.5) is 8.78 Å². The molecule has 0 radical (unpaired) electrons. The molecule has 0 aliphatic carbocycles. The van der Waals surface area contributed by atoms with E-state index in [1.54, 1.807) is 6.92 Å². The Labute approximate surface area is 88.7 Å². The number of alkyl halides is 1. The van der Waals surface area contributed by atoms with Gasteiger partial charge in [0.2, 0.25) is 0 Å². The molecule has 1 unspecified atom stereocenters. The third kappa shape index (κ3) is 2.75. The third-order valence-corrected chi connectivity index (χ3v) is 2.49. The Morgan fingerprint density at radius 1 is 1.40 bits per heavy atom. The summed E-state index contributed by atoms with van der Waals surface area (Å²) in [5.41, 5.74) is -0.697. The summed E-state index contributed by atoms with van der Waals surface area (Å²) in [5.74, 6) is -0.711. The molecule has 0 aliphatic rings. The van der Waals surface area contributed by atoms with E-state index >= 15 is 0 Å². The van der Waals surface area contributed by atoms with Crippen LogP contribution in [0.3, 0.4) is 0 Å². The molecule has 3 heteroatoms. The van der Waals surface area contributed by atoms with Gasteiger partial charge in [-0.1, -0.05) is 13.0 Å². The summed E-state index contributed by atoms with van der Waals surface area (Å²) in [7, 11) is 0. The van der Waals surface area contributed by atoms with E-state index in [4.69, 9.17) is 5.11 Å². The van der Waals surface area contributed by atoms with Gasteiger partial charge in [-0.3, -0.25) is 0 Å². The van der Waals surface area contributed by atoms with E-state index in [1.807, 2.05) is 0 Å². The zero-order valence-electron chi connectivity index (χ0n) is 9.22. The lowest BCUT2D eigenvalue weighted by atomic mass is 9.93. The van der Waals surface area contributed by atoms with Crippen molar-refractivity contribution in [2.45, 2.75) is 32.4 Å². The topological polar surface area (TPSA) is 20.2 Å². The first kappa shape index (κ1) is 12.1. The van der Waals surface area contributed by atoms with E-state index in [9.17, 15) is 8.78 Å². The molecular formula is C12H16F2O. The number of aliphatic hydroxyl groups is 1. The minimum Gasteiger partial charge on any atom is -0.396 e. The molecule has 0 aromatic heterocycles. The SMILES string of the molecule is CC(CO)c1cc(C(C)(C)F)ccc1F. The minimum atomic E-state index is -1.49. The summed E-state index contributed by atoms with van der Waals surface area (Å²) >= 11 is 0. The smallest absolute Gasteiger partial charge is 0.130 e. The average Bonchev–Trinajstić information content (AvgIpc) is 2.15. The Kier molecular flexibility index (Phi) is 3.45. The summed E-state index contributed by atoms with van der Waals surface area (Å²) in [6.07, 6.45) is 0. The third-order valence-electron chi connectivity index (χ3n) is 2.49. The molecule has 0 amide bonds. The van der Waals surface area contributed by atoms with Crippen molar-refractivity contribution in [2.24, 2.45) is 0 Å². The molecule has 1 aromatic rings. The highest BCUT2D eigenvalue weighted by atomic mass is 19.1. The standard InChI is InChI=1S/C12H16F2O/c1-8(7-15)10-6-9(12(2,3)14)4-5-11(10)13/h4-6,8,15H,7H2,1-3H3. The van der Waals surface area contributed by atoms with Gasteiger partial charge >= 0.3 is 0 Å². The number of hydrogen-bond acceptors (Lipinski definition) is 1. The molecule has 0 bridgehead atoms. The normalized spacial score (nSPS) is 14.0. The molecule has 1 N–H and O–H groups in total. The Bertz CT molecular complexity index is 342. The lowest BCUT2D eigenvalue weighted by Gasteiger charge is -2.18. The largest absolute Gasteiger partial charge is 0.396 e. The van der Waals surface area contributed by atoms with Crippen molar-refractivity contribution in [3.8, 4) is 0 Å². The molecule has 84 valence electrons. The van der Waals surface area contributed by atoms with Gasteiger partial charge in [0.25, 0.3) is 0 Å². The fraction of sp³-hybridized carbons (Fsp3) is 0.500. The molecule has 15 heavy (non-hydrogen) atoms. The van der Waals surface area contributed by atoms with Gasteiger partial charge in [0.1, 0.15) is 11.5 Å². The highest BCUT2D eigenvalue weighted by molar-refractivity contribution is 5.30. The van der Waals surface area contributed by atoms with Gasteiger partial charge in [-0.25, -0.2) is 8.78 Å². The van der Waals surface area contributed by atoms with Gasteiger partial charge in [-0.2, -0.15) is 0 Å². The summed E-state index contributed by atoms with van der Waals surface area (Å²) in [6.45, 7) is 4.40. The predicted molar refractivity (Wildman–Crippen MR) is 56.0 cm³/mol. The van der Waals surface area contributed by atoms with Crippen molar-refractivity contribution in [3.05, 3.63) is 35.1 Å². The molecule has 1 nitrogen and oxygen atoms in total. The van der Waals surface area contributed by atoms with Gasteiger partial charge in [0.05, 0.1) is 0 Å². The van der Waals surface area contributed by atoms with E-state index in [1.165, 1.54) is 32.0 Å². The Morgan fingerprint density at radius 3 is 2.47 bits per heavy atom. The lowest BCUT2D eigenvalue weighted by Crippen LogP contribution is -2.11. The molecule has 0 fully saturated rings. The molecule has 0 saturated carbocycles. The van der Waals surface area contributed by atoms with Gasteiger partial charge in [-0.05, 0) is 37.1 Å². The van der Waals surface area contributed by atoms with Crippen LogP contribution in [-0.2, 0) is 5.67 Å². The van der Waals surface area contributed by atoms with Crippen LogP contribution in [0.15, 0.2) is 18.2 Å². The van der Waals surface area contributed by atoms with E-state index < -0.39 is 11.5 Å². The summed E-state index contributed by atoms with van der Waals surface area (Å²) in [4.78, 5) is 0. The Hall–Kier alpha value is -0.960. The van der Waals surface area contributed by atoms with Gasteiger partial charge < -0.3 is 5.11 Å². The molecule has 0 aliphatic heterocycles. The van der Waals surface area contributed by atoms with Crippen LogP contribution in [-0.4, -0.2) is 11.7 Å². The second-order valence-electron chi connectivity index (χ2n) is 4.29. The number of benzene rings is 1. The van der Waals surface area contributed by atoms with Crippen LogP contribution in [0.25, 0.3) is 0 Å². The van der Waals surface area contributed by atoms with Gasteiger partial charge in [0.15, 0.2) is 0 Å². The maximum atomic E-state index is 13.6. The fourth-order valence-corrected chi connectivity index (χ4v) is 1.39.